The Hall–Kier alpha value is -1.14. The number of rotatable bonds is 3. The van der Waals surface area contributed by atoms with Gasteiger partial charge >= 0.3 is 0 Å². The van der Waals surface area contributed by atoms with E-state index in [0.717, 1.165) is 45.2 Å². The molecule has 1 N–H and O–H groups in total. The van der Waals surface area contributed by atoms with Crippen molar-refractivity contribution < 1.29 is 14.4 Å². The van der Waals surface area contributed by atoms with Crippen molar-refractivity contribution in [3.63, 3.8) is 0 Å². The van der Waals surface area contributed by atoms with E-state index < -0.39 is 0 Å². The van der Waals surface area contributed by atoms with Crippen LogP contribution in [0.25, 0.3) is 0 Å². The van der Waals surface area contributed by atoms with E-state index >= 15 is 0 Å². The Morgan fingerprint density at radius 2 is 1.77 bits per heavy atom. The SMILES string of the molecule is CN(C(=O)CN1C(=O)C2CCCCC2C1=O)C1CCNC1.Cl. The molecule has 1 aliphatic carbocycles. The number of nitrogens with one attached hydrogen (secondary N) is 1. The van der Waals surface area contributed by atoms with E-state index in [4.69, 9.17) is 0 Å². The number of likely N-dealkylation sites (tertiary alicyclic amines) is 1. The van der Waals surface area contributed by atoms with Gasteiger partial charge in [0.15, 0.2) is 0 Å². The molecule has 6 nitrogen and oxygen atoms in total. The fraction of sp³-hybridized carbons (Fsp3) is 0.800. The van der Waals surface area contributed by atoms with Gasteiger partial charge in [-0.05, 0) is 25.8 Å². The predicted molar refractivity (Wildman–Crippen MR) is 83.5 cm³/mol. The zero-order valence-electron chi connectivity index (χ0n) is 12.9. The molecule has 2 aliphatic heterocycles. The molecule has 3 unspecified atom stereocenters. The van der Waals surface area contributed by atoms with Crippen molar-refractivity contribution in [2.45, 2.75) is 38.1 Å². The maximum Gasteiger partial charge on any atom is 0.242 e. The average molecular weight is 330 g/mol. The zero-order chi connectivity index (χ0) is 15.0. The molecule has 0 aromatic rings. The summed E-state index contributed by atoms with van der Waals surface area (Å²) in [6.07, 6.45) is 4.53. The van der Waals surface area contributed by atoms with Gasteiger partial charge in [0.25, 0.3) is 0 Å². The van der Waals surface area contributed by atoms with Crippen LogP contribution in [0.4, 0.5) is 0 Å². The molecule has 2 saturated heterocycles. The summed E-state index contributed by atoms with van der Waals surface area (Å²) < 4.78 is 0. The number of fused-ring (bicyclic) bond motifs is 1. The van der Waals surface area contributed by atoms with Crippen molar-refractivity contribution in [3.8, 4) is 0 Å². The van der Waals surface area contributed by atoms with Crippen LogP contribution in [-0.2, 0) is 14.4 Å². The first-order valence-corrected chi connectivity index (χ1v) is 7.91. The minimum Gasteiger partial charge on any atom is -0.340 e. The Morgan fingerprint density at radius 1 is 1.18 bits per heavy atom. The molecule has 3 atom stereocenters. The molecule has 3 rings (SSSR count). The van der Waals surface area contributed by atoms with Gasteiger partial charge in [-0.1, -0.05) is 12.8 Å². The minimum atomic E-state index is -0.169. The van der Waals surface area contributed by atoms with Gasteiger partial charge in [0.05, 0.1) is 11.8 Å². The summed E-state index contributed by atoms with van der Waals surface area (Å²) in [4.78, 5) is 39.9. The molecule has 124 valence electrons. The first-order valence-electron chi connectivity index (χ1n) is 7.91. The first-order chi connectivity index (χ1) is 10.1. The zero-order valence-corrected chi connectivity index (χ0v) is 13.7. The summed E-state index contributed by atoms with van der Waals surface area (Å²) in [5.74, 6) is -0.731. The fourth-order valence-electron chi connectivity index (χ4n) is 3.81. The number of carbonyl (C=O) groups is 3. The Bertz CT molecular complexity index is 441. The minimum absolute atomic E-state index is 0. The lowest BCUT2D eigenvalue weighted by Crippen LogP contribution is -2.46. The molecule has 0 radical (unpaired) electrons. The van der Waals surface area contributed by atoms with E-state index in [9.17, 15) is 14.4 Å². The second-order valence-electron chi connectivity index (χ2n) is 6.41. The first kappa shape index (κ1) is 17.2. The maximum atomic E-state index is 12.4. The predicted octanol–water partition coefficient (Wildman–Crippen LogP) is 0.404. The van der Waals surface area contributed by atoms with Crippen LogP contribution in [0.3, 0.4) is 0 Å². The molecule has 0 bridgehead atoms. The molecular weight excluding hydrogens is 306 g/mol. The van der Waals surface area contributed by atoms with E-state index in [2.05, 4.69) is 5.32 Å². The second-order valence-corrected chi connectivity index (χ2v) is 6.41. The Kier molecular flexibility index (Phi) is 5.45. The van der Waals surface area contributed by atoms with Crippen LogP contribution < -0.4 is 5.32 Å². The molecular formula is C15H24ClN3O3. The van der Waals surface area contributed by atoms with Gasteiger partial charge in [-0.25, -0.2) is 0 Å². The highest BCUT2D eigenvalue weighted by atomic mass is 35.5. The molecule has 22 heavy (non-hydrogen) atoms. The van der Waals surface area contributed by atoms with Crippen molar-refractivity contribution >= 4 is 30.1 Å². The number of halogens is 1. The number of imide groups is 1. The number of amides is 3. The summed E-state index contributed by atoms with van der Waals surface area (Å²) in [5, 5.41) is 3.22. The molecule has 3 aliphatic rings. The monoisotopic (exact) mass is 329 g/mol. The molecule has 0 aromatic carbocycles. The van der Waals surface area contributed by atoms with E-state index in [-0.39, 0.29) is 54.6 Å². The maximum absolute atomic E-state index is 12.4. The van der Waals surface area contributed by atoms with Gasteiger partial charge in [-0.2, -0.15) is 0 Å². The Labute approximate surface area is 137 Å². The Balaban J connectivity index is 0.00000176. The topological polar surface area (TPSA) is 69.7 Å². The van der Waals surface area contributed by atoms with Gasteiger partial charge in [0, 0.05) is 19.6 Å². The second kappa shape index (κ2) is 6.96. The molecule has 0 aromatic heterocycles. The molecule has 2 heterocycles. The van der Waals surface area contributed by atoms with Crippen LogP contribution in [0, 0.1) is 11.8 Å². The quantitative estimate of drug-likeness (QED) is 0.761. The Morgan fingerprint density at radius 3 is 2.27 bits per heavy atom. The van der Waals surface area contributed by atoms with Crippen molar-refractivity contribution in [1.82, 2.24) is 15.1 Å². The van der Waals surface area contributed by atoms with Crippen molar-refractivity contribution in [2.24, 2.45) is 11.8 Å². The van der Waals surface area contributed by atoms with Gasteiger partial charge in [-0.15, -0.1) is 12.4 Å². The highest BCUT2D eigenvalue weighted by Gasteiger charge is 2.48. The summed E-state index contributed by atoms with van der Waals surface area (Å²) in [7, 11) is 1.76. The molecule has 1 saturated carbocycles. The lowest BCUT2D eigenvalue weighted by atomic mass is 9.81. The fourth-order valence-corrected chi connectivity index (χ4v) is 3.81. The summed E-state index contributed by atoms with van der Waals surface area (Å²) >= 11 is 0. The molecule has 3 fully saturated rings. The molecule has 0 spiro atoms. The standard InChI is InChI=1S/C15H23N3O3.ClH/c1-17(10-6-7-16-8-10)13(19)9-18-14(20)11-4-2-3-5-12(11)15(18)21;/h10-12,16H,2-9H2,1H3;1H. The third-order valence-electron chi connectivity index (χ3n) is 5.20. The van der Waals surface area contributed by atoms with Crippen molar-refractivity contribution in [3.05, 3.63) is 0 Å². The lowest BCUT2D eigenvalue weighted by Gasteiger charge is -2.25. The highest BCUT2D eigenvalue weighted by molar-refractivity contribution is 6.07. The third kappa shape index (κ3) is 2.99. The summed E-state index contributed by atoms with van der Waals surface area (Å²) in [6.45, 7) is 1.61. The van der Waals surface area contributed by atoms with Gasteiger partial charge < -0.3 is 10.2 Å². The number of likely N-dealkylation sites (N-methyl/N-ethyl adjacent to an activating group) is 1. The van der Waals surface area contributed by atoms with Crippen LogP contribution >= 0.6 is 12.4 Å². The van der Waals surface area contributed by atoms with Gasteiger partial charge in [0.1, 0.15) is 6.54 Å². The van der Waals surface area contributed by atoms with E-state index in [0.29, 0.717) is 0 Å². The van der Waals surface area contributed by atoms with E-state index in [1.807, 2.05) is 0 Å². The van der Waals surface area contributed by atoms with Gasteiger partial charge in [-0.3, -0.25) is 19.3 Å². The highest BCUT2D eigenvalue weighted by Crippen LogP contribution is 2.37. The van der Waals surface area contributed by atoms with Crippen LogP contribution in [-0.4, -0.2) is 60.2 Å². The largest absolute Gasteiger partial charge is 0.340 e. The van der Waals surface area contributed by atoms with Crippen molar-refractivity contribution in [1.29, 1.82) is 0 Å². The number of hydrogen-bond acceptors (Lipinski definition) is 4. The normalized spacial score (nSPS) is 31.0. The smallest absolute Gasteiger partial charge is 0.242 e. The van der Waals surface area contributed by atoms with Crippen LogP contribution in [0.1, 0.15) is 32.1 Å². The van der Waals surface area contributed by atoms with Crippen LogP contribution in [0.2, 0.25) is 0 Å². The third-order valence-corrected chi connectivity index (χ3v) is 5.20. The van der Waals surface area contributed by atoms with Crippen molar-refractivity contribution in [2.75, 3.05) is 26.7 Å². The number of nitrogens with zero attached hydrogens (tertiary/aromatic N) is 2. The summed E-state index contributed by atoms with van der Waals surface area (Å²) in [6, 6.07) is 0.174. The average Bonchev–Trinajstić information content (AvgIpc) is 3.11. The lowest BCUT2D eigenvalue weighted by molar-refractivity contribution is -0.146. The summed E-state index contributed by atoms with van der Waals surface area (Å²) in [5.41, 5.74) is 0. The van der Waals surface area contributed by atoms with E-state index in [1.165, 1.54) is 4.90 Å². The number of carbonyl (C=O) groups excluding carboxylic acids is 3. The van der Waals surface area contributed by atoms with Gasteiger partial charge in [0.2, 0.25) is 17.7 Å². The van der Waals surface area contributed by atoms with E-state index in [1.54, 1.807) is 11.9 Å². The van der Waals surface area contributed by atoms with Crippen LogP contribution in [0.15, 0.2) is 0 Å². The molecule has 7 heteroatoms. The van der Waals surface area contributed by atoms with Crippen LogP contribution in [0.5, 0.6) is 0 Å². The number of hydrogen-bond donors (Lipinski definition) is 1. The molecule has 3 amide bonds.